The summed E-state index contributed by atoms with van der Waals surface area (Å²) in [6.07, 6.45) is 11.6. The number of terminal acetylenes is 1. The van der Waals surface area contributed by atoms with Crippen molar-refractivity contribution in [3.8, 4) is 12.3 Å². The lowest BCUT2D eigenvalue weighted by molar-refractivity contribution is 0.410. The fraction of sp³-hybridized carbons (Fsp3) is 0.667. The van der Waals surface area contributed by atoms with Crippen molar-refractivity contribution in [1.82, 2.24) is 25.4 Å². The van der Waals surface area contributed by atoms with Gasteiger partial charge in [0.1, 0.15) is 12.4 Å². The first kappa shape index (κ1) is 18.7. The minimum Gasteiger partial charge on any atom is -0.354 e. The molecule has 22 heavy (non-hydrogen) atoms. The molecule has 0 radical (unpaired) electrons. The van der Waals surface area contributed by atoms with Crippen molar-refractivity contribution < 1.29 is 0 Å². The molecule has 122 valence electrons. The maximum atomic E-state index is 5.32. The van der Waals surface area contributed by atoms with Gasteiger partial charge in [0.2, 0.25) is 0 Å². The Morgan fingerprint density at radius 1 is 1.36 bits per heavy atom. The quantitative estimate of drug-likeness (QED) is 0.340. The molecule has 2 N–H and O–H groups in total. The number of guanidine groups is 1. The molecule has 1 saturated carbocycles. The van der Waals surface area contributed by atoms with Crippen LogP contribution >= 0.6 is 24.0 Å². The van der Waals surface area contributed by atoms with E-state index in [2.05, 4.69) is 31.7 Å². The first-order chi connectivity index (χ1) is 10.2. The topological polar surface area (TPSA) is 67.1 Å². The Morgan fingerprint density at radius 3 is 2.68 bits per heavy atom. The summed E-state index contributed by atoms with van der Waals surface area (Å²) in [5.74, 6) is 5.08. The highest BCUT2D eigenvalue weighted by atomic mass is 127. The molecular formula is C15H25IN6. The van der Waals surface area contributed by atoms with Crippen molar-refractivity contribution in [2.45, 2.75) is 51.6 Å². The molecular weight excluding hydrogens is 391 g/mol. The SMILES string of the molecule is C#CCNC(=NCc1nnc(C)n1C)NC1CCCCC1.I. The molecule has 1 aliphatic carbocycles. The second-order valence-electron chi connectivity index (χ2n) is 5.42. The van der Waals surface area contributed by atoms with E-state index in [1.54, 1.807) is 0 Å². The fourth-order valence-electron chi connectivity index (χ4n) is 2.47. The first-order valence-corrected chi connectivity index (χ1v) is 7.54. The third-order valence-corrected chi connectivity index (χ3v) is 3.87. The van der Waals surface area contributed by atoms with Gasteiger partial charge in [-0.25, -0.2) is 4.99 Å². The second kappa shape index (κ2) is 9.66. The number of halogens is 1. The Bertz CT molecular complexity index is 525. The van der Waals surface area contributed by atoms with Crippen LogP contribution in [0.5, 0.6) is 0 Å². The average Bonchev–Trinajstić information content (AvgIpc) is 2.83. The first-order valence-electron chi connectivity index (χ1n) is 7.54. The summed E-state index contributed by atoms with van der Waals surface area (Å²) >= 11 is 0. The van der Waals surface area contributed by atoms with E-state index >= 15 is 0 Å². The van der Waals surface area contributed by atoms with E-state index in [9.17, 15) is 0 Å². The van der Waals surface area contributed by atoms with Crippen LogP contribution in [-0.2, 0) is 13.6 Å². The maximum Gasteiger partial charge on any atom is 0.192 e. The monoisotopic (exact) mass is 416 g/mol. The highest BCUT2D eigenvalue weighted by Crippen LogP contribution is 2.17. The third-order valence-electron chi connectivity index (χ3n) is 3.87. The number of rotatable bonds is 4. The number of hydrogen-bond donors (Lipinski definition) is 2. The van der Waals surface area contributed by atoms with Gasteiger partial charge in [-0.2, -0.15) is 0 Å². The van der Waals surface area contributed by atoms with Gasteiger partial charge in [-0.05, 0) is 19.8 Å². The summed E-state index contributed by atoms with van der Waals surface area (Å²) in [6, 6.07) is 0.490. The highest BCUT2D eigenvalue weighted by molar-refractivity contribution is 14.0. The van der Waals surface area contributed by atoms with E-state index in [-0.39, 0.29) is 24.0 Å². The molecule has 0 amide bonds. The van der Waals surface area contributed by atoms with Crippen molar-refractivity contribution in [2.24, 2.45) is 12.0 Å². The van der Waals surface area contributed by atoms with E-state index in [1.165, 1.54) is 32.1 Å². The smallest absolute Gasteiger partial charge is 0.192 e. The Kier molecular flexibility index (Phi) is 8.24. The van der Waals surface area contributed by atoms with Gasteiger partial charge >= 0.3 is 0 Å². The zero-order chi connectivity index (χ0) is 15.1. The molecule has 0 aliphatic heterocycles. The van der Waals surface area contributed by atoms with Gasteiger partial charge < -0.3 is 15.2 Å². The molecule has 1 heterocycles. The Morgan fingerprint density at radius 2 is 2.09 bits per heavy atom. The summed E-state index contributed by atoms with van der Waals surface area (Å²) in [5, 5.41) is 14.8. The largest absolute Gasteiger partial charge is 0.354 e. The lowest BCUT2D eigenvalue weighted by atomic mass is 9.96. The lowest BCUT2D eigenvalue weighted by Gasteiger charge is -2.24. The summed E-state index contributed by atoms with van der Waals surface area (Å²) in [7, 11) is 1.95. The number of aromatic nitrogens is 3. The molecule has 6 nitrogen and oxygen atoms in total. The van der Waals surface area contributed by atoms with Gasteiger partial charge in [0.25, 0.3) is 0 Å². The van der Waals surface area contributed by atoms with Crippen molar-refractivity contribution in [3.05, 3.63) is 11.6 Å². The van der Waals surface area contributed by atoms with E-state index in [0.29, 0.717) is 19.1 Å². The molecule has 0 spiro atoms. The Hall–Kier alpha value is -1.30. The van der Waals surface area contributed by atoms with Crippen LogP contribution in [0.3, 0.4) is 0 Å². The van der Waals surface area contributed by atoms with Crippen LogP contribution in [0, 0.1) is 19.3 Å². The second-order valence-corrected chi connectivity index (χ2v) is 5.42. The number of aryl methyl sites for hydroxylation is 1. The molecule has 0 aromatic carbocycles. The fourth-order valence-corrected chi connectivity index (χ4v) is 2.47. The predicted molar refractivity (Wildman–Crippen MR) is 99.1 cm³/mol. The summed E-state index contributed by atoms with van der Waals surface area (Å²) in [4.78, 5) is 4.58. The number of aliphatic imine (C=N–C) groups is 1. The standard InChI is InChI=1S/C15H24N6.HI/c1-4-10-16-15(18-13-8-6-5-7-9-13)17-11-14-20-19-12(2)21(14)3;/h1,13H,5-11H2,2-3H3,(H2,16,17,18);1H. The van der Waals surface area contributed by atoms with Gasteiger partial charge in [-0.3, -0.25) is 0 Å². The molecule has 0 atom stereocenters. The normalized spacial score (nSPS) is 15.8. The number of nitrogens with one attached hydrogen (secondary N) is 2. The van der Waals surface area contributed by atoms with Crippen LogP contribution in [0.15, 0.2) is 4.99 Å². The average molecular weight is 416 g/mol. The molecule has 1 aromatic heterocycles. The van der Waals surface area contributed by atoms with Crippen molar-refractivity contribution >= 4 is 29.9 Å². The minimum absolute atomic E-state index is 0. The zero-order valence-corrected chi connectivity index (χ0v) is 15.6. The van der Waals surface area contributed by atoms with Gasteiger partial charge in [-0.15, -0.1) is 40.6 Å². The van der Waals surface area contributed by atoms with E-state index in [1.807, 2.05) is 18.5 Å². The molecule has 2 rings (SSSR count). The Labute approximate surface area is 149 Å². The van der Waals surface area contributed by atoms with Crippen LogP contribution < -0.4 is 10.6 Å². The molecule has 0 saturated heterocycles. The van der Waals surface area contributed by atoms with E-state index < -0.39 is 0 Å². The van der Waals surface area contributed by atoms with Crippen LogP contribution in [0.25, 0.3) is 0 Å². The third kappa shape index (κ3) is 5.48. The number of hydrogen-bond acceptors (Lipinski definition) is 3. The van der Waals surface area contributed by atoms with Crippen molar-refractivity contribution in [1.29, 1.82) is 0 Å². The number of nitrogens with zero attached hydrogens (tertiary/aromatic N) is 4. The van der Waals surface area contributed by atoms with Gasteiger partial charge in [0, 0.05) is 13.1 Å². The molecule has 1 aliphatic rings. The van der Waals surface area contributed by atoms with Crippen LogP contribution in [0.2, 0.25) is 0 Å². The highest BCUT2D eigenvalue weighted by Gasteiger charge is 2.14. The van der Waals surface area contributed by atoms with Gasteiger partial charge in [0.05, 0.1) is 6.54 Å². The van der Waals surface area contributed by atoms with Gasteiger partial charge in [-0.1, -0.05) is 25.2 Å². The maximum absolute atomic E-state index is 5.32. The van der Waals surface area contributed by atoms with Gasteiger partial charge in [0.15, 0.2) is 11.8 Å². The van der Waals surface area contributed by atoms with E-state index in [4.69, 9.17) is 6.42 Å². The molecule has 7 heteroatoms. The minimum atomic E-state index is 0. The van der Waals surface area contributed by atoms with E-state index in [0.717, 1.165) is 17.6 Å². The summed E-state index contributed by atoms with van der Waals surface area (Å²) < 4.78 is 1.95. The molecule has 1 fully saturated rings. The summed E-state index contributed by atoms with van der Waals surface area (Å²) in [5.41, 5.74) is 0. The van der Waals surface area contributed by atoms with Crippen LogP contribution in [0.1, 0.15) is 43.8 Å². The molecule has 0 unspecified atom stereocenters. The predicted octanol–water partition coefficient (Wildman–Crippen LogP) is 1.74. The molecule has 0 bridgehead atoms. The molecule has 1 aromatic rings. The van der Waals surface area contributed by atoms with Crippen LogP contribution in [-0.4, -0.2) is 33.3 Å². The summed E-state index contributed by atoms with van der Waals surface area (Å²) in [6.45, 7) is 2.89. The van der Waals surface area contributed by atoms with Crippen molar-refractivity contribution in [2.75, 3.05) is 6.54 Å². The zero-order valence-electron chi connectivity index (χ0n) is 13.3. The van der Waals surface area contributed by atoms with Crippen LogP contribution in [0.4, 0.5) is 0 Å². The Balaban J connectivity index is 0.00000242. The lowest BCUT2D eigenvalue weighted by Crippen LogP contribution is -2.44. The van der Waals surface area contributed by atoms with Crippen molar-refractivity contribution in [3.63, 3.8) is 0 Å².